The van der Waals surface area contributed by atoms with Crippen molar-refractivity contribution in [2.45, 2.75) is 19.9 Å². The third kappa shape index (κ3) is 6.61. The van der Waals surface area contributed by atoms with Gasteiger partial charge in [-0.1, -0.05) is 28.1 Å². The molecule has 0 bridgehead atoms. The minimum Gasteiger partial charge on any atom is -0.382 e. The normalized spacial score (nSPS) is 11.6. The molecule has 0 heterocycles. The summed E-state index contributed by atoms with van der Waals surface area (Å²) >= 11 is 3.40. The highest BCUT2D eigenvalue weighted by molar-refractivity contribution is 9.10. The molecule has 4 nitrogen and oxygen atoms in total. The first-order valence-electron chi connectivity index (χ1n) is 6.08. The van der Waals surface area contributed by atoms with Crippen LogP contribution < -0.4 is 11.1 Å². The second kappa shape index (κ2) is 8.94. The molecule has 0 saturated heterocycles. The molecule has 0 spiro atoms. The van der Waals surface area contributed by atoms with Gasteiger partial charge >= 0.3 is 0 Å². The molecule has 1 rings (SSSR count). The maximum absolute atomic E-state index is 5.75. The first-order valence-corrected chi connectivity index (χ1v) is 6.87. The van der Waals surface area contributed by atoms with Crippen molar-refractivity contribution in [3.63, 3.8) is 0 Å². The van der Waals surface area contributed by atoms with E-state index in [0.717, 1.165) is 36.2 Å². The molecule has 1 aromatic carbocycles. The van der Waals surface area contributed by atoms with Gasteiger partial charge in [0.05, 0.1) is 6.54 Å². The summed E-state index contributed by atoms with van der Waals surface area (Å²) in [6.45, 7) is 4.88. The highest BCUT2D eigenvalue weighted by atomic mass is 79.9. The molecule has 3 N–H and O–H groups in total. The summed E-state index contributed by atoms with van der Waals surface area (Å²) in [6, 6.07) is 8.04. The highest BCUT2D eigenvalue weighted by Gasteiger charge is 1.94. The average Bonchev–Trinajstić information content (AvgIpc) is 2.38. The van der Waals surface area contributed by atoms with Crippen molar-refractivity contribution in [1.82, 2.24) is 5.32 Å². The van der Waals surface area contributed by atoms with E-state index < -0.39 is 0 Å². The van der Waals surface area contributed by atoms with Crippen LogP contribution in [-0.4, -0.2) is 25.7 Å². The van der Waals surface area contributed by atoms with E-state index >= 15 is 0 Å². The molecule has 0 amide bonds. The lowest BCUT2D eigenvalue weighted by atomic mass is 10.2. The third-order valence-electron chi connectivity index (χ3n) is 2.32. The summed E-state index contributed by atoms with van der Waals surface area (Å²) in [6.07, 6.45) is 0.933. The highest BCUT2D eigenvalue weighted by Crippen LogP contribution is 2.10. The summed E-state index contributed by atoms with van der Waals surface area (Å²) in [5.41, 5.74) is 6.89. The van der Waals surface area contributed by atoms with E-state index in [4.69, 9.17) is 10.5 Å². The van der Waals surface area contributed by atoms with Gasteiger partial charge in [0.2, 0.25) is 0 Å². The predicted molar refractivity (Wildman–Crippen MR) is 78.6 cm³/mol. The van der Waals surface area contributed by atoms with Gasteiger partial charge in [-0.15, -0.1) is 0 Å². The Balaban J connectivity index is 2.22. The maximum atomic E-state index is 5.75. The molecule has 5 heteroatoms. The largest absolute Gasteiger partial charge is 0.382 e. The van der Waals surface area contributed by atoms with Gasteiger partial charge in [-0.3, -0.25) is 0 Å². The molecule has 0 unspecified atom stereocenters. The van der Waals surface area contributed by atoms with Gasteiger partial charge in [-0.2, -0.15) is 0 Å². The van der Waals surface area contributed by atoms with E-state index in [-0.39, 0.29) is 0 Å². The van der Waals surface area contributed by atoms with Crippen LogP contribution in [0.5, 0.6) is 0 Å². The van der Waals surface area contributed by atoms with Gasteiger partial charge in [0.15, 0.2) is 5.96 Å². The smallest absolute Gasteiger partial charge is 0.188 e. The Morgan fingerprint density at radius 1 is 1.39 bits per heavy atom. The molecule has 18 heavy (non-hydrogen) atoms. The van der Waals surface area contributed by atoms with Gasteiger partial charge < -0.3 is 15.8 Å². The summed E-state index contributed by atoms with van der Waals surface area (Å²) in [5.74, 6) is 0.481. The van der Waals surface area contributed by atoms with Crippen LogP contribution in [-0.2, 0) is 11.3 Å². The minimum absolute atomic E-state index is 0.481. The minimum atomic E-state index is 0.481. The number of aliphatic imine (C=N–C) groups is 1. The molecule has 100 valence electrons. The van der Waals surface area contributed by atoms with Crippen molar-refractivity contribution in [2.75, 3.05) is 19.8 Å². The number of hydrogen-bond donors (Lipinski definition) is 2. The van der Waals surface area contributed by atoms with Gasteiger partial charge in [-0.25, -0.2) is 4.99 Å². The van der Waals surface area contributed by atoms with Gasteiger partial charge in [0.25, 0.3) is 0 Å². The molecular formula is C13H20BrN3O. The topological polar surface area (TPSA) is 59.6 Å². The molecule has 1 aromatic rings. The van der Waals surface area contributed by atoms with E-state index in [9.17, 15) is 0 Å². The lowest BCUT2D eigenvalue weighted by Gasteiger charge is -2.05. The zero-order chi connectivity index (χ0) is 13.2. The molecular weight excluding hydrogens is 294 g/mol. The Bertz CT molecular complexity index is 365. The zero-order valence-electron chi connectivity index (χ0n) is 10.7. The number of guanidine groups is 1. The Hall–Kier alpha value is -1.07. The maximum Gasteiger partial charge on any atom is 0.188 e. The lowest BCUT2D eigenvalue weighted by molar-refractivity contribution is 0.145. The van der Waals surface area contributed by atoms with Crippen LogP contribution in [0.2, 0.25) is 0 Å². The van der Waals surface area contributed by atoms with E-state index in [1.807, 2.05) is 31.2 Å². The number of nitrogens with zero attached hydrogens (tertiary/aromatic N) is 1. The second-order valence-corrected chi connectivity index (χ2v) is 4.72. The van der Waals surface area contributed by atoms with Gasteiger partial charge in [-0.05, 0) is 31.0 Å². The van der Waals surface area contributed by atoms with Crippen molar-refractivity contribution in [3.05, 3.63) is 34.3 Å². The van der Waals surface area contributed by atoms with Crippen molar-refractivity contribution < 1.29 is 4.74 Å². The third-order valence-corrected chi connectivity index (χ3v) is 2.85. The molecule has 0 atom stereocenters. The number of ether oxygens (including phenoxy) is 1. The molecule has 0 aromatic heterocycles. The van der Waals surface area contributed by atoms with Crippen molar-refractivity contribution in [3.8, 4) is 0 Å². The van der Waals surface area contributed by atoms with E-state index in [1.54, 1.807) is 0 Å². The molecule has 0 aliphatic rings. The summed E-state index contributed by atoms with van der Waals surface area (Å²) in [5, 5.41) is 3.06. The van der Waals surface area contributed by atoms with Crippen molar-refractivity contribution in [1.29, 1.82) is 0 Å². The molecule has 0 aliphatic heterocycles. The first kappa shape index (κ1) is 15.0. The number of rotatable bonds is 7. The number of halogens is 1. The summed E-state index contributed by atoms with van der Waals surface area (Å²) in [7, 11) is 0. The van der Waals surface area contributed by atoms with Crippen molar-refractivity contribution in [2.24, 2.45) is 10.7 Å². The Labute approximate surface area is 117 Å². The number of nitrogens with one attached hydrogen (secondary N) is 1. The molecule has 0 aliphatic carbocycles. The second-order valence-electron chi connectivity index (χ2n) is 3.81. The van der Waals surface area contributed by atoms with Crippen LogP contribution in [0.3, 0.4) is 0 Å². The van der Waals surface area contributed by atoms with Crippen LogP contribution in [0.4, 0.5) is 0 Å². The number of benzene rings is 1. The van der Waals surface area contributed by atoms with Crippen LogP contribution in [0.15, 0.2) is 33.7 Å². The van der Waals surface area contributed by atoms with Crippen LogP contribution in [0, 0.1) is 0 Å². The van der Waals surface area contributed by atoms with Crippen LogP contribution in [0.25, 0.3) is 0 Å². The van der Waals surface area contributed by atoms with Gasteiger partial charge in [0.1, 0.15) is 0 Å². The summed E-state index contributed by atoms with van der Waals surface area (Å²) < 4.78 is 6.30. The Morgan fingerprint density at radius 2 is 2.11 bits per heavy atom. The fraction of sp³-hybridized carbons (Fsp3) is 0.462. The molecule has 0 fully saturated rings. The van der Waals surface area contributed by atoms with Crippen LogP contribution in [0.1, 0.15) is 18.9 Å². The number of nitrogens with two attached hydrogens (primary N) is 1. The quantitative estimate of drug-likeness (QED) is 0.461. The van der Waals surface area contributed by atoms with E-state index in [1.165, 1.54) is 0 Å². The average molecular weight is 314 g/mol. The fourth-order valence-electron chi connectivity index (χ4n) is 1.36. The van der Waals surface area contributed by atoms with Crippen LogP contribution >= 0.6 is 15.9 Å². The summed E-state index contributed by atoms with van der Waals surface area (Å²) in [4.78, 5) is 4.27. The van der Waals surface area contributed by atoms with E-state index in [0.29, 0.717) is 12.5 Å². The monoisotopic (exact) mass is 313 g/mol. The van der Waals surface area contributed by atoms with E-state index in [2.05, 4.69) is 26.2 Å². The lowest BCUT2D eigenvalue weighted by Crippen LogP contribution is -2.32. The Kier molecular flexibility index (Phi) is 7.44. The zero-order valence-corrected chi connectivity index (χ0v) is 12.2. The predicted octanol–water partition coefficient (Wildman–Crippen LogP) is 2.28. The fourth-order valence-corrected chi connectivity index (χ4v) is 1.62. The van der Waals surface area contributed by atoms with Gasteiger partial charge in [0, 0.05) is 24.2 Å². The number of hydrogen-bond acceptors (Lipinski definition) is 2. The first-order chi connectivity index (χ1) is 8.72. The Morgan fingerprint density at radius 3 is 2.78 bits per heavy atom. The SMILES string of the molecule is CCOCCCNC(N)=NCc1ccc(Br)cc1. The standard InChI is InChI=1S/C13H20BrN3O/c1-2-18-9-3-8-16-13(15)17-10-11-4-6-12(14)7-5-11/h4-7H,2-3,8-10H2,1H3,(H3,15,16,17). The molecule has 0 saturated carbocycles. The van der Waals surface area contributed by atoms with Crippen molar-refractivity contribution >= 4 is 21.9 Å². The molecule has 0 radical (unpaired) electrons.